The Kier molecular flexibility index (Phi) is 5.53. The number of rotatable bonds is 4. The molecular weight excluding hydrogens is 284 g/mol. The molecule has 0 radical (unpaired) electrons. The van der Waals surface area contributed by atoms with E-state index < -0.39 is 0 Å². The molecule has 2 heterocycles. The van der Waals surface area contributed by atoms with Crippen molar-refractivity contribution in [3.63, 3.8) is 0 Å². The van der Waals surface area contributed by atoms with E-state index in [2.05, 4.69) is 42.3 Å². The molecule has 1 aromatic carbocycles. The van der Waals surface area contributed by atoms with Crippen LogP contribution in [0.5, 0.6) is 5.75 Å². The van der Waals surface area contributed by atoms with Gasteiger partial charge in [0.1, 0.15) is 12.4 Å². The molecule has 1 atom stereocenters. The molecule has 1 spiro atoms. The lowest BCUT2D eigenvalue weighted by atomic mass is 9.87. The molecule has 1 aromatic rings. The first-order chi connectivity index (χ1) is 9.69. The third kappa shape index (κ3) is 3.71. The van der Waals surface area contributed by atoms with Gasteiger partial charge >= 0.3 is 0 Å². The van der Waals surface area contributed by atoms with E-state index in [0.29, 0.717) is 5.41 Å². The Hall–Kier alpha value is -0.770. The van der Waals surface area contributed by atoms with Crippen molar-refractivity contribution in [1.82, 2.24) is 10.2 Å². The number of likely N-dealkylation sites (tertiary alicyclic amines) is 1. The first-order valence-corrected chi connectivity index (χ1v) is 7.81. The molecule has 1 N–H and O–H groups in total. The van der Waals surface area contributed by atoms with Crippen molar-refractivity contribution in [2.75, 3.05) is 39.3 Å². The second-order valence-corrected chi connectivity index (χ2v) is 6.52. The van der Waals surface area contributed by atoms with Crippen molar-refractivity contribution in [3.8, 4) is 5.75 Å². The number of aryl methyl sites for hydroxylation is 2. The molecule has 0 amide bonds. The fourth-order valence-electron chi connectivity index (χ4n) is 3.67. The molecule has 0 aliphatic carbocycles. The van der Waals surface area contributed by atoms with E-state index in [4.69, 9.17) is 4.74 Å². The molecule has 0 aromatic heterocycles. The van der Waals surface area contributed by atoms with Gasteiger partial charge in [-0.3, -0.25) is 4.90 Å². The van der Waals surface area contributed by atoms with Gasteiger partial charge in [0.25, 0.3) is 0 Å². The van der Waals surface area contributed by atoms with E-state index >= 15 is 0 Å². The van der Waals surface area contributed by atoms with Gasteiger partial charge in [0, 0.05) is 19.6 Å². The summed E-state index contributed by atoms with van der Waals surface area (Å²) < 4.78 is 6.02. The topological polar surface area (TPSA) is 24.5 Å². The molecule has 3 rings (SSSR count). The quantitative estimate of drug-likeness (QED) is 0.925. The highest BCUT2D eigenvalue weighted by Crippen LogP contribution is 2.35. The number of benzene rings is 1. The smallest absolute Gasteiger partial charge is 0.125 e. The van der Waals surface area contributed by atoms with Gasteiger partial charge in [0.15, 0.2) is 0 Å². The molecule has 21 heavy (non-hydrogen) atoms. The first kappa shape index (κ1) is 16.6. The second kappa shape index (κ2) is 6.99. The number of halogens is 1. The van der Waals surface area contributed by atoms with Gasteiger partial charge in [-0.1, -0.05) is 18.2 Å². The average Bonchev–Trinajstić information content (AvgIpc) is 3.04. The molecular formula is C17H27ClN2O. The van der Waals surface area contributed by atoms with Gasteiger partial charge in [-0.15, -0.1) is 12.4 Å². The number of para-hydroxylation sites is 1. The van der Waals surface area contributed by atoms with Gasteiger partial charge in [0.2, 0.25) is 0 Å². The fourth-order valence-corrected chi connectivity index (χ4v) is 3.67. The van der Waals surface area contributed by atoms with E-state index in [1.165, 1.54) is 50.1 Å². The lowest BCUT2D eigenvalue weighted by Crippen LogP contribution is -2.31. The van der Waals surface area contributed by atoms with Crippen LogP contribution in [-0.2, 0) is 0 Å². The van der Waals surface area contributed by atoms with E-state index in [1.807, 2.05) is 0 Å². The summed E-state index contributed by atoms with van der Waals surface area (Å²) in [7, 11) is 0. The Morgan fingerprint density at radius 2 is 2.00 bits per heavy atom. The zero-order chi connectivity index (χ0) is 14.0. The van der Waals surface area contributed by atoms with Crippen molar-refractivity contribution in [3.05, 3.63) is 29.3 Å². The minimum atomic E-state index is 0. The van der Waals surface area contributed by atoms with Crippen LogP contribution in [0, 0.1) is 19.3 Å². The van der Waals surface area contributed by atoms with E-state index in [9.17, 15) is 0 Å². The molecule has 4 heteroatoms. The Morgan fingerprint density at radius 3 is 2.67 bits per heavy atom. The molecule has 2 aliphatic rings. The van der Waals surface area contributed by atoms with Crippen LogP contribution < -0.4 is 10.1 Å². The normalized spacial score (nSPS) is 25.2. The minimum absolute atomic E-state index is 0. The van der Waals surface area contributed by atoms with E-state index in [0.717, 1.165) is 18.9 Å². The third-order valence-electron chi connectivity index (χ3n) is 4.91. The fraction of sp³-hybridized carbons (Fsp3) is 0.647. The predicted molar refractivity (Wildman–Crippen MR) is 89.6 cm³/mol. The summed E-state index contributed by atoms with van der Waals surface area (Å²) in [5, 5.41) is 3.51. The summed E-state index contributed by atoms with van der Waals surface area (Å²) >= 11 is 0. The van der Waals surface area contributed by atoms with Crippen LogP contribution in [0.25, 0.3) is 0 Å². The minimum Gasteiger partial charge on any atom is -0.492 e. The molecule has 3 nitrogen and oxygen atoms in total. The summed E-state index contributed by atoms with van der Waals surface area (Å²) in [5.41, 5.74) is 3.05. The summed E-state index contributed by atoms with van der Waals surface area (Å²) in [6.45, 7) is 11.0. The molecule has 0 bridgehead atoms. The van der Waals surface area contributed by atoms with Crippen LogP contribution in [0.2, 0.25) is 0 Å². The van der Waals surface area contributed by atoms with Crippen LogP contribution in [0.3, 0.4) is 0 Å². The van der Waals surface area contributed by atoms with Crippen molar-refractivity contribution in [1.29, 1.82) is 0 Å². The van der Waals surface area contributed by atoms with Crippen molar-refractivity contribution in [2.24, 2.45) is 5.41 Å². The van der Waals surface area contributed by atoms with Gasteiger partial charge in [-0.2, -0.15) is 0 Å². The van der Waals surface area contributed by atoms with Crippen LogP contribution in [0.1, 0.15) is 24.0 Å². The summed E-state index contributed by atoms with van der Waals surface area (Å²) in [6, 6.07) is 6.34. The Bertz CT molecular complexity index is 452. The van der Waals surface area contributed by atoms with Crippen LogP contribution in [0.4, 0.5) is 0 Å². The number of ether oxygens (including phenoxy) is 1. The highest BCUT2D eigenvalue weighted by atomic mass is 35.5. The molecule has 0 saturated carbocycles. The van der Waals surface area contributed by atoms with Crippen LogP contribution in [-0.4, -0.2) is 44.2 Å². The van der Waals surface area contributed by atoms with Gasteiger partial charge < -0.3 is 10.1 Å². The number of hydrogen-bond acceptors (Lipinski definition) is 3. The SMILES string of the molecule is Cc1cccc(C)c1OCCN1CCC2(CCNC2)C1.Cl. The zero-order valence-electron chi connectivity index (χ0n) is 13.2. The average molecular weight is 311 g/mol. The van der Waals surface area contributed by atoms with Crippen molar-refractivity contribution in [2.45, 2.75) is 26.7 Å². The Balaban J connectivity index is 0.00000161. The maximum Gasteiger partial charge on any atom is 0.125 e. The lowest BCUT2D eigenvalue weighted by Gasteiger charge is -2.23. The van der Waals surface area contributed by atoms with Gasteiger partial charge in [-0.05, 0) is 56.3 Å². The maximum absolute atomic E-state index is 6.02. The second-order valence-electron chi connectivity index (χ2n) is 6.52. The zero-order valence-corrected chi connectivity index (χ0v) is 14.0. The van der Waals surface area contributed by atoms with Gasteiger partial charge in [-0.25, -0.2) is 0 Å². The number of nitrogens with one attached hydrogen (secondary N) is 1. The summed E-state index contributed by atoms with van der Waals surface area (Å²) in [5.74, 6) is 1.07. The third-order valence-corrected chi connectivity index (χ3v) is 4.91. The summed E-state index contributed by atoms with van der Waals surface area (Å²) in [4.78, 5) is 2.57. The van der Waals surface area contributed by atoms with E-state index in [-0.39, 0.29) is 12.4 Å². The summed E-state index contributed by atoms with van der Waals surface area (Å²) in [6.07, 6.45) is 2.70. The highest BCUT2D eigenvalue weighted by molar-refractivity contribution is 5.85. The molecule has 118 valence electrons. The monoisotopic (exact) mass is 310 g/mol. The van der Waals surface area contributed by atoms with Crippen molar-refractivity contribution < 1.29 is 4.74 Å². The highest BCUT2D eigenvalue weighted by Gasteiger charge is 2.39. The Labute approximate surface area is 134 Å². The molecule has 2 saturated heterocycles. The van der Waals surface area contributed by atoms with E-state index in [1.54, 1.807) is 0 Å². The van der Waals surface area contributed by atoms with Crippen LogP contribution >= 0.6 is 12.4 Å². The number of hydrogen-bond donors (Lipinski definition) is 1. The standard InChI is InChI=1S/C17H26N2O.ClH/c1-14-4-3-5-15(2)16(14)20-11-10-19-9-7-17(13-19)6-8-18-12-17;/h3-5,18H,6-13H2,1-2H3;1H. The first-order valence-electron chi connectivity index (χ1n) is 7.81. The van der Waals surface area contributed by atoms with Gasteiger partial charge in [0.05, 0.1) is 0 Å². The molecule has 1 unspecified atom stereocenters. The van der Waals surface area contributed by atoms with Crippen molar-refractivity contribution >= 4 is 12.4 Å². The molecule has 2 fully saturated rings. The number of nitrogens with zero attached hydrogens (tertiary/aromatic N) is 1. The Morgan fingerprint density at radius 1 is 1.24 bits per heavy atom. The maximum atomic E-state index is 6.02. The van der Waals surface area contributed by atoms with Crippen LogP contribution in [0.15, 0.2) is 18.2 Å². The lowest BCUT2D eigenvalue weighted by molar-refractivity contribution is 0.216. The largest absolute Gasteiger partial charge is 0.492 e. The molecule has 2 aliphatic heterocycles. The predicted octanol–water partition coefficient (Wildman–Crippen LogP) is 2.79.